The second-order valence-electron chi connectivity index (χ2n) is 7.13. The van der Waals surface area contributed by atoms with Gasteiger partial charge in [0.15, 0.2) is 0 Å². The molecule has 1 aliphatic rings. The molecule has 8 nitrogen and oxygen atoms in total. The molecule has 1 unspecified atom stereocenters. The molecule has 2 aromatic carbocycles. The molecule has 12 heteroatoms. The third-order valence-corrected chi connectivity index (χ3v) is 5.96. The topological polar surface area (TPSA) is 99.2 Å². The van der Waals surface area contributed by atoms with E-state index in [-0.39, 0.29) is 5.69 Å². The monoisotopic (exact) mass is 473 g/mol. The van der Waals surface area contributed by atoms with Crippen molar-refractivity contribution in [3.05, 3.63) is 54.1 Å². The number of alkyl halides is 3. The average Bonchev–Trinajstić information content (AvgIpc) is 2.74. The molecule has 0 radical (unpaired) electrons. The largest absolute Gasteiger partial charge is 0.416 e. The highest BCUT2D eigenvalue weighted by Crippen LogP contribution is 2.31. The Morgan fingerprint density at radius 2 is 1.66 bits per heavy atom. The van der Waals surface area contributed by atoms with Gasteiger partial charge in [0, 0.05) is 24.5 Å². The first-order valence-electron chi connectivity index (χ1n) is 9.64. The minimum absolute atomic E-state index is 0.286. The first kappa shape index (κ1) is 23.8. The van der Waals surface area contributed by atoms with Gasteiger partial charge < -0.3 is 15.0 Å². The van der Waals surface area contributed by atoms with E-state index in [4.69, 9.17) is 4.74 Å². The Hall–Kier alpha value is -2.83. The summed E-state index contributed by atoms with van der Waals surface area (Å²) in [6.45, 7) is 3.91. The van der Waals surface area contributed by atoms with Crippen LogP contribution in [0.3, 0.4) is 0 Å². The molecule has 1 saturated heterocycles. The number of nitrogens with zero attached hydrogens (tertiary/aromatic N) is 2. The molecule has 2 aromatic rings. The van der Waals surface area contributed by atoms with Crippen LogP contribution < -0.4 is 14.5 Å². The van der Waals surface area contributed by atoms with Gasteiger partial charge in [-0.1, -0.05) is 0 Å². The Bertz CT molecular complexity index is 1040. The molecule has 2 N–H and O–H groups in total. The Kier molecular flexibility index (Phi) is 6.96. The fourth-order valence-electron chi connectivity index (χ4n) is 3.28. The normalized spacial score (nSPS) is 15.8. The number of halogens is 3. The number of carbonyl (C=O) groups is 1. The Labute approximate surface area is 183 Å². The highest BCUT2D eigenvalue weighted by molar-refractivity contribution is 7.87. The van der Waals surface area contributed by atoms with Crippen molar-refractivity contribution < 1.29 is 35.7 Å². The third-order valence-electron chi connectivity index (χ3n) is 4.94. The highest BCUT2D eigenvalue weighted by atomic mass is 32.2. The van der Waals surface area contributed by atoms with Gasteiger partial charge in [0.05, 0.1) is 24.5 Å². The van der Waals surface area contributed by atoms with Crippen LogP contribution in [0.2, 0.25) is 0 Å². The van der Waals surface area contributed by atoms with Crippen LogP contribution in [0.25, 0.3) is 0 Å². The van der Waals surface area contributed by atoms with Crippen LogP contribution in [0.4, 0.5) is 30.2 Å². The summed E-state index contributed by atoms with van der Waals surface area (Å²) in [5, 5.41) is 2.55. The predicted molar refractivity (Wildman–Crippen MR) is 113 cm³/mol. The van der Waals surface area contributed by atoms with Crippen LogP contribution in [-0.2, 0) is 26.0 Å². The average molecular weight is 473 g/mol. The van der Waals surface area contributed by atoms with Crippen molar-refractivity contribution in [1.82, 2.24) is 0 Å². The number of amides is 1. The quantitative estimate of drug-likeness (QED) is 0.626. The summed E-state index contributed by atoms with van der Waals surface area (Å²) < 4.78 is 77.4. The van der Waals surface area contributed by atoms with Crippen molar-refractivity contribution in [2.45, 2.75) is 19.1 Å². The van der Waals surface area contributed by atoms with E-state index in [1.165, 1.54) is 6.92 Å². The number of nitrogens with one attached hydrogen (secondary N) is 1. The van der Waals surface area contributed by atoms with Crippen LogP contribution in [0, 0.1) is 0 Å². The van der Waals surface area contributed by atoms with Crippen LogP contribution in [0.5, 0.6) is 0 Å². The fourth-order valence-corrected chi connectivity index (χ4v) is 4.17. The second-order valence-corrected chi connectivity index (χ2v) is 8.42. The van der Waals surface area contributed by atoms with Crippen molar-refractivity contribution in [3.63, 3.8) is 0 Å². The molecule has 1 heterocycles. The lowest BCUT2D eigenvalue weighted by molar-refractivity contribution is -0.137. The molecule has 1 aliphatic heterocycles. The number of carbonyl (C=O) groups excluding carboxylic acids is 1. The number of rotatable bonds is 6. The molecule has 32 heavy (non-hydrogen) atoms. The molecule has 174 valence electrons. The van der Waals surface area contributed by atoms with Crippen LogP contribution >= 0.6 is 0 Å². The molecule has 0 aromatic heterocycles. The number of ether oxygens (including phenoxy) is 1. The van der Waals surface area contributed by atoms with E-state index in [0.29, 0.717) is 35.3 Å². The van der Waals surface area contributed by atoms with E-state index in [0.717, 1.165) is 30.9 Å². The summed E-state index contributed by atoms with van der Waals surface area (Å²) >= 11 is 0. The molecule has 1 fully saturated rings. The maximum Gasteiger partial charge on any atom is 0.416 e. The zero-order valence-corrected chi connectivity index (χ0v) is 17.9. The first-order chi connectivity index (χ1) is 15.0. The molecule has 0 aliphatic carbocycles. The summed E-state index contributed by atoms with van der Waals surface area (Å²) in [6.07, 6.45) is -4.61. The second kappa shape index (κ2) is 9.35. The number of anilines is 3. The van der Waals surface area contributed by atoms with Gasteiger partial charge in [0.2, 0.25) is 5.91 Å². The molecular weight excluding hydrogens is 451 g/mol. The standard InChI is InChI=1S/C20H22F3N3O5S/c1-14(26(32(28,29)30)18-6-2-15(3-7-18)20(21,22)23)19(27)24-16-4-8-17(9-5-16)25-10-12-31-13-11-25/h2-9,14H,10-13H2,1H3,(H,24,27)(H,28,29,30). The maximum atomic E-state index is 12.8. The summed E-state index contributed by atoms with van der Waals surface area (Å²) in [4.78, 5) is 14.8. The van der Waals surface area contributed by atoms with Gasteiger partial charge in [-0.15, -0.1) is 0 Å². The summed E-state index contributed by atoms with van der Waals surface area (Å²) in [6, 6.07) is 8.52. The van der Waals surface area contributed by atoms with Crippen molar-refractivity contribution >= 4 is 33.3 Å². The lowest BCUT2D eigenvalue weighted by Crippen LogP contribution is -2.45. The molecule has 0 spiro atoms. The van der Waals surface area contributed by atoms with Crippen molar-refractivity contribution in [3.8, 4) is 0 Å². The van der Waals surface area contributed by atoms with Crippen molar-refractivity contribution in [1.29, 1.82) is 0 Å². The zero-order chi connectivity index (χ0) is 23.5. The number of benzene rings is 2. The Morgan fingerprint density at radius 3 is 2.16 bits per heavy atom. The lowest BCUT2D eigenvalue weighted by Gasteiger charge is -2.29. The smallest absolute Gasteiger partial charge is 0.378 e. The molecule has 0 saturated carbocycles. The van der Waals surface area contributed by atoms with E-state index in [1.54, 1.807) is 24.3 Å². The molecule has 0 bridgehead atoms. The molecule has 1 amide bonds. The third kappa shape index (κ3) is 5.69. The van der Waals surface area contributed by atoms with Crippen LogP contribution in [0.15, 0.2) is 48.5 Å². The zero-order valence-electron chi connectivity index (χ0n) is 17.0. The minimum atomic E-state index is -4.95. The van der Waals surface area contributed by atoms with E-state index in [1.807, 2.05) is 0 Å². The minimum Gasteiger partial charge on any atom is -0.378 e. The van der Waals surface area contributed by atoms with Crippen LogP contribution in [-0.4, -0.2) is 51.2 Å². The van der Waals surface area contributed by atoms with Crippen molar-refractivity contribution in [2.24, 2.45) is 0 Å². The van der Waals surface area contributed by atoms with E-state index in [9.17, 15) is 30.9 Å². The number of hydrogen-bond donors (Lipinski definition) is 2. The maximum absolute atomic E-state index is 12.8. The van der Waals surface area contributed by atoms with Gasteiger partial charge >= 0.3 is 16.5 Å². The lowest BCUT2D eigenvalue weighted by atomic mass is 10.2. The predicted octanol–water partition coefficient (Wildman–Crippen LogP) is 3.18. The van der Waals surface area contributed by atoms with Gasteiger partial charge in [0.25, 0.3) is 0 Å². The number of morpholine rings is 1. The number of hydrogen-bond acceptors (Lipinski definition) is 5. The van der Waals surface area contributed by atoms with E-state index >= 15 is 0 Å². The van der Waals surface area contributed by atoms with Gasteiger partial charge in [-0.3, -0.25) is 9.35 Å². The van der Waals surface area contributed by atoms with E-state index < -0.39 is 34.0 Å². The summed E-state index contributed by atoms with van der Waals surface area (Å²) in [5.74, 6) is -0.776. The van der Waals surface area contributed by atoms with Gasteiger partial charge in [-0.05, 0) is 55.5 Å². The van der Waals surface area contributed by atoms with Gasteiger partial charge in [-0.2, -0.15) is 21.6 Å². The fraction of sp³-hybridized carbons (Fsp3) is 0.350. The van der Waals surface area contributed by atoms with Crippen molar-refractivity contribution in [2.75, 3.05) is 40.8 Å². The molecule has 1 atom stereocenters. The summed E-state index contributed by atoms with van der Waals surface area (Å²) in [5.41, 5.74) is 0.0463. The Balaban J connectivity index is 1.75. The van der Waals surface area contributed by atoms with Gasteiger partial charge in [-0.25, -0.2) is 4.31 Å². The highest BCUT2D eigenvalue weighted by Gasteiger charge is 2.33. The first-order valence-corrected chi connectivity index (χ1v) is 11.0. The van der Waals surface area contributed by atoms with Gasteiger partial charge in [0.1, 0.15) is 6.04 Å². The SMILES string of the molecule is CC(C(=O)Nc1ccc(N2CCOCC2)cc1)N(c1ccc(C(F)(F)F)cc1)S(=O)(=O)O. The Morgan fingerprint density at radius 1 is 1.09 bits per heavy atom. The summed E-state index contributed by atoms with van der Waals surface area (Å²) in [7, 11) is -4.95. The molecular formula is C20H22F3N3O5S. The molecule has 3 rings (SSSR count). The van der Waals surface area contributed by atoms with Crippen LogP contribution in [0.1, 0.15) is 12.5 Å². The van der Waals surface area contributed by atoms with E-state index in [2.05, 4.69) is 10.2 Å².